The summed E-state index contributed by atoms with van der Waals surface area (Å²) in [7, 11) is 1.73. The van der Waals surface area contributed by atoms with Crippen molar-refractivity contribution in [1.29, 1.82) is 0 Å². The lowest BCUT2D eigenvalue weighted by molar-refractivity contribution is -0.119. The van der Waals surface area contributed by atoms with E-state index in [-0.39, 0.29) is 16.7 Å². The molecule has 0 spiro atoms. The highest BCUT2D eigenvalue weighted by Gasteiger charge is 2.31. The summed E-state index contributed by atoms with van der Waals surface area (Å²) >= 11 is 0. The van der Waals surface area contributed by atoms with Crippen LogP contribution in [0.15, 0.2) is 0 Å². The molecule has 0 aliphatic heterocycles. The predicted molar refractivity (Wildman–Crippen MR) is 67.4 cm³/mol. The van der Waals surface area contributed by atoms with Gasteiger partial charge in [0.2, 0.25) is 5.91 Å². The summed E-state index contributed by atoms with van der Waals surface area (Å²) in [5.41, 5.74) is 0.297. The van der Waals surface area contributed by atoms with E-state index >= 15 is 0 Å². The maximum Gasteiger partial charge on any atom is 0.216 e. The lowest BCUT2D eigenvalue weighted by Gasteiger charge is -2.36. The number of hydrogen-bond donors (Lipinski definition) is 1. The van der Waals surface area contributed by atoms with Gasteiger partial charge in [0, 0.05) is 20.6 Å². The fourth-order valence-corrected chi connectivity index (χ4v) is 2.25. The van der Waals surface area contributed by atoms with Crippen molar-refractivity contribution < 1.29 is 9.53 Å². The van der Waals surface area contributed by atoms with Crippen molar-refractivity contribution in [3.8, 4) is 0 Å². The molecule has 96 valence electrons. The fraction of sp³-hybridized carbons (Fsp3) is 0.923. The summed E-state index contributed by atoms with van der Waals surface area (Å²) in [5, 5.41) is 2.92. The summed E-state index contributed by atoms with van der Waals surface area (Å²) in [6.07, 6.45) is 2.10. The molecule has 0 bridgehead atoms. The number of amides is 1. The summed E-state index contributed by atoms with van der Waals surface area (Å²) in [6, 6.07) is 0. The molecular formula is C13H27NO2. The van der Waals surface area contributed by atoms with Crippen molar-refractivity contribution in [1.82, 2.24) is 5.32 Å². The molecule has 0 radical (unpaired) electrons. The zero-order valence-electron chi connectivity index (χ0n) is 11.6. The molecule has 3 nitrogen and oxygen atoms in total. The number of carbonyl (C=O) groups excluding carboxylic acids is 1. The molecule has 16 heavy (non-hydrogen) atoms. The van der Waals surface area contributed by atoms with Gasteiger partial charge in [-0.2, -0.15) is 0 Å². The van der Waals surface area contributed by atoms with Gasteiger partial charge in [-0.25, -0.2) is 0 Å². The Labute approximate surface area is 99.9 Å². The van der Waals surface area contributed by atoms with Crippen molar-refractivity contribution in [3.63, 3.8) is 0 Å². The molecule has 0 saturated carbocycles. The molecule has 1 amide bonds. The average Bonchev–Trinajstić information content (AvgIpc) is 2.14. The first-order chi connectivity index (χ1) is 7.24. The Bertz CT molecular complexity index is 226. The lowest BCUT2D eigenvalue weighted by atomic mass is 9.72. The summed E-state index contributed by atoms with van der Waals surface area (Å²) in [5.74, 6) is 0.0456. The van der Waals surface area contributed by atoms with Gasteiger partial charge in [-0.3, -0.25) is 4.79 Å². The lowest BCUT2D eigenvalue weighted by Crippen LogP contribution is -2.38. The van der Waals surface area contributed by atoms with Gasteiger partial charge >= 0.3 is 0 Å². The van der Waals surface area contributed by atoms with Crippen molar-refractivity contribution in [2.75, 3.05) is 20.3 Å². The maximum absolute atomic E-state index is 11.0. The van der Waals surface area contributed by atoms with Crippen LogP contribution in [0.4, 0.5) is 0 Å². The van der Waals surface area contributed by atoms with Crippen LogP contribution >= 0.6 is 0 Å². The van der Waals surface area contributed by atoms with Gasteiger partial charge in [-0.1, -0.05) is 27.7 Å². The molecule has 0 fully saturated rings. The third-order valence-electron chi connectivity index (χ3n) is 3.06. The van der Waals surface area contributed by atoms with Crippen LogP contribution in [0.3, 0.4) is 0 Å². The fourth-order valence-electron chi connectivity index (χ4n) is 2.25. The van der Waals surface area contributed by atoms with Crippen LogP contribution in [0, 0.1) is 10.8 Å². The maximum atomic E-state index is 11.0. The Kier molecular flexibility index (Phi) is 6.01. The van der Waals surface area contributed by atoms with Gasteiger partial charge in [0.05, 0.1) is 6.61 Å². The third-order valence-corrected chi connectivity index (χ3v) is 3.06. The summed E-state index contributed by atoms with van der Waals surface area (Å²) < 4.78 is 5.24. The van der Waals surface area contributed by atoms with E-state index in [1.807, 2.05) is 0 Å². The van der Waals surface area contributed by atoms with E-state index in [9.17, 15) is 4.79 Å². The highest BCUT2D eigenvalue weighted by molar-refractivity contribution is 5.72. The molecule has 0 rings (SSSR count). The minimum atomic E-state index is 0.0456. The molecule has 0 aromatic carbocycles. The van der Waals surface area contributed by atoms with E-state index < -0.39 is 0 Å². The zero-order valence-corrected chi connectivity index (χ0v) is 11.6. The SMILES string of the molecule is CCC(C)(CNC(C)=O)CC(C)(C)COC. The highest BCUT2D eigenvalue weighted by atomic mass is 16.5. The average molecular weight is 229 g/mol. The van der Waals surface area contributed by atoms with Crippen molar-refractivity contribution in [2.45, 2.75) is 47.5 Å². The Hall–Kier alpha value is -0.570. The smallest absolute Gasteiger partial charge is 0.216 e. The first kappa shape index (κ1) is 15.4. The van der Waals surface area contributed by atoms with Gasteiger partial charge < -0.3 is 10.1 Å². The van der Waals surface area contributed by atoms with Crippen molar-refractivity contribution in [3.05, 3.63) is 0 Å². The second kappa shape index (κ2) is 6.24. The molecule has 0 aromatic heterocycles. The van der Waals surface area contributed by atoms with Crippen LogP contribution < -0.4 is 5.32 Å². The van der Waals surface area contributed by atoms with Crippen molar-refractivity contribution in [2.24, 2.45) is 10.8 Å². The van der Waals surface area contributed by atoms with Gasteiger partial charge in [-0.05, 0) is 23.7 Å². The topological polar surface area (TPSA) is 38.3 Å². The van der Waals surface area contributed by atoms with Gasteiger partial charge in [0.25, 0.3) is 0 Å². The van der Waals surface area contributed by atoms with Crippen LogP contribution in [-0.4, -0.2) is 26.2 Å². The molecule has 0 saturated heterocycles. The Morgan fingerprint density at radius 2 is 1.88 bits per heavy atom. The predicted octanol–water partition coefficient (Wildman–Crippen LogP) is 2.60. The standard InChI is InChI=1S/C13H27NO2/c1-7-13(5,9-14-11(2)15)8-12(3,4)10-16-6/h7-10H2,1-6H3,(H,14,15). The van der Waals surface area contributed by atoms with Gasteiger partial charge in [0.1, 0.15) is 0 Å². The second-order valence-corrected chi connectivity index (χ2v) is 5.85. The van der Waals surface area contributed by atoms with E-state index in [1.165, 1.54) is 0 Å². The Morgan fingerprint density at radius 3 is 2.25 bits per heavy atom. The number of hydrogen-bond acceptors (Lipinski definition) is 2. The largest absolute Gasteiger partial charge is 0.384 e. The zero-order chi connectivity index (χ0) is 12.8. The van der Waals surface area contributed by atoms with Crippen LogP contribution in [-0.2, 0) is 9.53 Å². The number of ether oxygens (including phenoxy) is 1. The molecule has 0 aliphatic carbocycles. The monoisotopic (exact) mass is 229 g/mol. The normalized spacial score (nSPS) is 15.6. The number of rotatable bonds is 7. The van der Waals surface area contributed by atoms with Crippen LogP contribution in [0.1, 0.15) is 47.5 Å². The second-order valence-electron chi connectivity index (χ2n) is 5.85. The molecule has 0 heterocycles. The summed E-state index contributed by atoms with van der Waals surface area (Å²) in [4.78, 5) is 11.0. The minimum Gasteiger partial charge on any atom is -0.384 e. The highest BCUT2D eigenvalue weighted by Crippen LogP contribution is 2.36. The Morgan fingerprint density at radius 1 is 1.31 bits per heavy atom. The number of methoxy groups -OCH3 is 1. The molecule has 1 unspecified atom stereocenters. The number of nitrogens with one attached hydrogen (secondary N) is 1. The van der Waals surface area contributed by atoms with Crippen LogP contribution in [0.5, 0.6) is 0 Å². The van der Waals surface area contributed by atoms with E-state index in [2.05, 4.69) is 33.0 Å². The number of carbonyl (C=O) groups is 1. The first-order valence-electron chi connectivity index (χ1n) is 5.98. The van der Waals surface area contributed by atoms with E-state index in [4.69, 9.17) is 4.74 Å². The first-order valence-corrected chi connectivity index (χ1v) is 5.98. The Balaban J connectivity index is 4.40. The third kappa shape index (κ3) is 6.11. The van der Waals surface area contributed by atoms with E-state index in [0.29, 0.717) is 0 Å². The molecular weight excluding hydrogens is 202 g/mol. The van der Waals surface area contributed by atoms with Crippen molar-refractivity contribution >= 4 is 5.91 Å². The van der Waals surface area contributed by atoms with Gasteiger partial charge in [-0.15, -0.1) is 0 Å². The summed E-state index contributed by atoms with van der Waals surface area (Å²) in [6.45, 7) is 11.9. The minimum absolute atomic E-state index is 0.0456. The van der Waals surface area contributed by atoms with E-state index in [1.54, 1.807) is 14.0 Å². The quantitative estimate of drug-likeness (QED) is 0.728. The van der Waals surface area contributed by atoms with Crippen LogP contribution in [0.2, 0.25) is 0 Å². The molecule has 1 N–H and O–H groups in total. The molecule has 1 atom stereocenters. The molecule has 0 aliphatic rings. The van der Waals surface area contributed by atoms with Gasteiger partial charge in [0.15, 0.2) is 0 Å². The molecule has 3 heteroatoms. The van der Waals surface area contributed by atoms with Crippen LogP contribution in [0.25, 0.3) is 0 Å². The van der Waals surface area contributed by atoms with E-state index in [0.717, 1.165) is 26.0 Å². The molecule has 0 aromatic rings.